The topological polar surface area (TPSA) is 12.0 Å². The molecule has 1 aromatic carbocycles. The molecule has 0 saturated heterocycles. The molecule has 0 aromatic heterocycles. The first-order valence-electron chi connectivity index (χ1n) is 7.70. The van der Waals surface area contributed by atoms with Gasteiger partial charge in [-0.3, -0.25) is 0 Å². The molecule has 0 amide bonds. The maximum absolute atomic E-state index is 3.80. The maximum atomic E-state index is 3.80. The highest BCUT2D eigenvalue weighted by Crippen LogP contribution is 2.60. The van der Waals surface area contributed by atoms with Crippen LogP contribution in [0, 0.1) is 17.3 Å². The molecule has 3 saturated carbocycles. The Morgan fingerprint density at radius 3 is 2.68 bits per heavy atom. The molecule has 2 unspecified atom stereocenters. The van der Waals surface area contributed by atoms with Gasteiger partial charge < -0.3 is 5.32 Å². The monoisotopic (exact) mass is 319 g/mol. The highest BCUT2D eigenvalue weighted by molar-refractivity contribution is 9.10. The van der Waals surface area contributed by atoms with E-state index in [1.54, 1.807) is 0 Å². The fourth-order valence-electron chi connectivity index (χ4n) is 4.09. The van der Waals surface area contributed by atoms with Gasteiger partial charge in [0.15, 0.2) is 0 Å². The van der Waals surface area contributed by atoms with Crippen LogP contribution in [-0.2, 0) is 6.42 Å². The average Bonchev–Trinajstić information content (AvgIpc) is 3.28. The number of rotatable bonds is 5. The van der Waals surface area contributed by atoms with E-state index in [1.165, 1.54) is 55.1 Å². The van der Waals surface area contributed by atoms with Crippen molar-refractivity contribution in [3.05, 3.63) is 34.3 Å². The molecular weight excluding hydrogens is 298 g/mol. The highest BCUT2D eigenvalue weighted by Gasteiger charge is 2.53. The molecule has 0 radical (unpaired) electrons. The summed E-state index contributed by atoms with van der Waals surface area (Å²) < 4.78 is 1.22. The van der Waals surface area contributed by atoms with E-state index in [9.17, 15) is 0 Å². The SMILES string of the molecule is Brc1cccc(CC2(CNC3CC3)CC3CC3C2)c1. The number of fused-ring (bicyclic) bond motifs is 1. The van der Waals surface area contributed by atoms with E-state index in [0.29, 0.717) is 5.41 Å². The molecule has 3 aliphatic carbocycles. The molecule has 3 fully saturated rings. The Labute approximate surface area is 124 Å². The molecule has 1 aromatic rings. The summed E-state index contributed by atoms with van der Waals surface area (Å²) in [5.74, 6) is 2.13. The third-order valence-electron chi connectivity index (χ3n) is 5.27. The maximum Gasteiger partial charge on any atom is 0.0177 e. The molecule has 4 rings (SSSR count). The molecule has 3 aliphatic rings. The van der Waals surface area contributed by atoms with Gasteiger partial charge in [-0.15, -0.1) is 0 Å². The van der Waals surface area contributed by atoms with Crippen molar-refractivity contribution in [3.8, 4) is 0 Å². The molecule has 102 valence electrons. The van der Waals surface area contributed by atoms with Crippen LogP contribution in [0.3, 0.4) is 0 Å². The minimum Gasteiger partial charge on any atom is -0.313 e. The van der Waals surface area contributed by atoms with Crippen LogP contribution in [0.1, 0.15) is 37.7 Å². The number of benzene rings is 1. The van der Waals surface area contributed by atoms with Crippen LogP contribution in [0.2, 0.25) is 0 Å². The normalized spacial score (nSPS) is 36.3. The van der Waals surface area contributed by atoms with E-state index in [1.807, 2.05) is 0 Å². The van der Waals surface area contributed by atoms with E-state index in [2.05, 4.69) is 45.5 Å². The first-order valence-corrected chi connectivity index (χ1v) is 8.50. The Bertz CT molecular complexity index is 470. The summed E-state index contributed by atoms with van der Waals surface area (Å²) in [7, 11) is 0. The summed E-state index contributed by atoms with van der Waals surface area (Å²) in [6, 6.07) is 9.76. The first kappa shape index (κ1) is 12.4. The van der Waals surface area contributed by atoms with Gasteiger partial charge in [-0.2, -0.15) is 0 Å². The lowest BCUT2D eigenvalue weighted by Gasteiger charge is -2.32. The number of nitrogens with one attached hydrogen (secondary N) is 1. The molecule has 2 heteroatoms. The average molecular weight is 320 g/mol. The summed E-state index contributed by atoms with van der Waals surface area (Å²) in [6.45, 7) is 1.25. The van der Waals surface area contributed by atoms with Crippen LogP contribution in [0.5, 0.6) is 0 Å². The molecule has 0 spiro atoms. The van der Waals surface area contributed by atoms with Gasteiger partial charge >= 0.3 is 0 Å². The third kappa shape index (κ3) is 2.75. The smallest absolute Gasteiger partial charge is 0.0177 e. The van der Waals surface area contributed by atoms with Crippen LogP contribution in [-0.4, -0.2) is 12.6 Å². The molecule has 1 nitrogen and oxygen atoms in total. The molecule has 0 heterocycles. The van der Waals surface area contributed by atoms with Crippen molar-refractivity contribution in [2.24, 2.45) is 17.3 Å². The van der Waals surface area contributed by atoms with Gasteiger partial charge in [0.2, 0.25) is 0 Å². The molecule has 1 N–H and O–H groups in total. The van der Waals surface area contributed by atoms with Gasteiger partial charge in [-0.05, 0) is 73.5 Å². The van der Waals surface area contributed by atoms with E-state index in [4.69, 9.17) is 0 Å². The second-order valence-electron chi connectivity index (χ2n) is 7.13. The quantitative estimate of drug-likeness (QED) is 0.859. The lowest BCUT2D eigenvalue weighted by Crippen LogP contribution is -2.36. The summed E-state index contributed by atoms with van der Waals surface area (Å²) in [4.78, 5) is 0. The Balaban J connectivity index is 1.49. The van der Waals surface area contributed by atoms with Gasteiger partial charge in [0.25, 0.3) is 0 Å². The minimum absolute atomic E-state index is 0.553. The Kier molecular flexibility index (Phi) is 3.00. The zero-order valence-electron chi connectivity index (χ0n) is 11.4. The van der Waals surface area contributed by atoms with Crippen LogP contribution in [0.4, 0.5) is 0 Å². The van der Waals surface area contributed by atoms with Crippen LogP contribution >= 0.6 is 15.9 Å². The predicted octanol–water partition coefficient (Wildman–Crippen LogP) is 4.16. The molecule has 0 bridgehead atoms. The van der Waals surface area contributed by atoms with Crippen molar-refractivity contribution >= 4 is 15.9 Å². The van der Waals surface area contributed by atoms with Crippen LogP contribution in [0.25, 0.3) is 0 Å². The number of halogens is 1. The fraction of sp³-hybridized carbons (Fsp3) is 0.647. The van der Waals surface area contributed by atoms with Crippen LogP contribution < -0.4 is 5.32 Å². The summed E-state index contributed by atoms with van der Waals surface area (Å²) in [6.07, 6.45) is 8.51. The second-order valence-corrected chi connectivity index (χ2v) is 8.04. The highest BCUT2D eigenvalue weighted by atomic mass is 79.9. The van der Waals surface area contributed by atoms with Gasteiger partial charge in [-0.1, -0.05) is 28.1 Å². The zero-order valence-corrected chi connectivity index (χ0v) is 13.0. The Hall–Kier alpha value is -0.340. The molecule has 2 atom stereocenters. The fourth-order valence-corrected chi connectivity index (χ4v) is 4.53. The largest absolute Gasteiger partial charge is 0.313 e. The van der Waals surface area contributed by atoms with Gasteiger partial charge in [0.1, 0.15) is 0 Å². The summed E-state index contributed by atoms with van der Waals surface area (Å²) >= 11 is 3.61. The third-order valence-corrected chi connectivity index (χ3v) is 5.76. The predicted molar refractivity (Wildman–Crippen MR) is 82.1 cm³/mol. The van der Waals surface area contributed by atoms with Crippen molar-refractivity contribution in [2.45, 2.75) is 44.6 Å². The van der Waals surface area contributed by atoms with Gasteiger partial charge in [-0.25, -0.2) is 0 Å². The van der Waals surface area contributed by atoms with E-state index in [-0.39, 0.29) is 0 Å². The standard InChI is InChI=1S/C17H22BrN/c18-15-3-1-2-12(6-15)8-17(11-19-16-4-5-16)9-13-7-14(13)10-17/h1-3,6,13-14,16,19H,4-5,7-11H2. The lowest BCUT2D eigenvalue weighted by molar-refractivity contribution is 0.247. The van der Waals surface area contributed by atoms with E-state index in [0.717, 1.165) is 17.9 Å². The van der Waals surface area contributed by atoms with Crippen molar-refractivity contribution in [3.63, 3.8) is 0 Å². The van der Waals surface area contributed by atoms with Crippen molar-refractivity contribution in [2.75, 3.05) is 6.54 Å². The minimum atomic E-state index is 0.553. The summed E-state index contributed by atoms with van der Waals surface area (Å²) in [5, 5.41) is 3.80. The molecule has 0 aliphatic heterocycles. The molecular formula is C17H22BrN. The lowest BCUT2D eigenvalue weighted by atomic mass is 9.77. The van der Waals surface area contributed by atoms with Gasteiger partial charge in [0, 0.05) is 17.1 Å². The van der Waals surface area contributed by atoms with Crippen molar-refractivity contribution < 1.29 is 0 Å². The van der Waals surface area contributed by atoms with Crippen molar-refractivity contribution in [1.29, 1.82) is 0 Å². The molecule has 19 heavy (non-hydrogen) atoms. The number of hydrogen-bond donors (Lipinski definition) is 1. The van der Waals surface area contributed by atoms with Crippen LogP contribution in [0.15, 0.2) is 28.7 Å². The Morgan fingerprint density at radius 2 is 2.00 bits per heavy atom. The second kappa shape index (κ2) is 4.60. The number of hydrogen-bond acceptors (Lipinski definition) is 1. The van der Waals surface area contributed by atoms with Crippen molar-refractivity contribution in [1.82, 2.24) is 5.32 Å². The van der Waals surface area contributed by atoms with Gasteiger partial charge in [0.05, 0.1) is 0 Å². The first-order chi connectivity index (χ1) is 9.22. The zero-order chi connectivity index (χ0) is 12.9. The summed E-state index contributed by atoms with van der Waals surface area (Å²) in [5.41, 5.74) is 2.06. The van der Waals surface area contributed by atoms with E-state index < -0.39 is 0 Å². The van der Waals surface area contributed by atoms with E-state index >= 15 is 0 Å². The Morgan fingerprint density at radius 1 is 1.21 bits per heavy atom.